The number of fused-ring (bicyclic) bond motifs is 1. The number of rotatable bonds is 5. The molecule has 2 aromatic rings. The van der Waals surface area contributed by atoms with E-state index in [9.17, 15) is 13.2 Å². The summed E-state index contributed by atoms with van der Waals surface area (Å²) in [4.78, 5) is 9.19. The summed E-state index contributed by atoms with van der Waals surface area (Å²) in [7, 11) is 0. The van der Waals surface area contributed by atoms with Crippen LogP contribution >= 0.6 is 0 Å². The van der Waals surface area contributed by atoms with Crippen molar-refractivity contribution in [2.24, 2.45) is 4.99 Å². The normalized spacial score (nSPS) is 18.5. The van der Waals surface area contributed by atoms with Crippen molar-refractivity contribution in [1.29, 1.82) is 0 Å². The lowest BCUT2D eigenvalue weighted by Crippen LogP contribution is -2.49. The number of nitrogens with zero attached hydrogens (tertiary/aromatic N) is 3. The number of piperidine rings is 1. The van der Waals surface area contributed by atoms with Crippen LogP contribution in [0.2, 0.25) is 0 Å². The molecule has 0 saturated carbocycles. The molecule has 3 nitrogen and oxygen atoms in total. The average Bonchev–Trinajstić information content (AvgIpc) is 2.83. The second-order valence-corrected chi connectivity index (χ2v) is 8.65. The molecule has 2 aromatic carbocycles. The summed E-state index contributed by atoms with van der Waals surface area (Å²) in [6.07, 6.45) is 2.07. The molecule has 0 radical (unpaired) electrons. The average molecular weight is 454 g/mol. The van der Waals surface area contributed by atoms with Crippen LogP contribution in [-0.2, 0) is 6.18 Å². The Morgan fingerprint density at radius 2 is 1.88 bits per heavy atom. The number of halogens is 3. The van der Waals surface area contributed by atoms with Gasteiger partial charge in [0, 0.05) is 24.3 Å². The van der Waals surface area contributed by atoms with E-state index in [0.717, 1.165) is 73.2 Å². The van der Waals surface area contributed by atoms with Crippen LogP contribution < -0.4 is 4.90 Å². The van der Waals surface area contributed by atoms with Crippen LogP contribution in [0.5, 0.6) is 0 Å². The van der Waals surface area contributed by atoms with Gasteiger partial charge >= 0.3 is 6.18 Å². The molecule has 2 aliphatic heterocycles. The van der Waals surface area contributed by atoms with Crippen molar-refractivity contribution in [3.05, 3.63) is 78.4 Å². The summed E-state index contributed by atoms with van der Waals surface area (Å²) in [5, 5.41) is 0. The van der Waals surface area contributed by atoms with Crippen molar-refractivity contribution in [3.8, 4) is 0 Å². The first-order valence-electron chi connectivity index (χ1n) is 11.6. The Morgan fingerprint density at radius 1 is 1.12 bits per heavy atom. The highest BCUT2D eigenvalue weighted by Crippen LogP contribution is 2.43. The molecule has 0 N–H and O–H groups in total. The summed E-state index contributed by atoms with van der Waals surface area (Å²) in [5.41, 5.74) is 3.73. The summed E-state index contributed by atoms with van der Waals surface area (Å²) >= 11 is 0. The highest BCUT2D eigenvalue weighted by molar-refractivity contribution is 6.00. The van der Waals surface area contributed by atoms with Crippen LogP contribution in [0.15, 0.2) is 66.7 Å². The monoisotopic (exact) mass is 453 g/mol. The predicted molar refractivity (Wildman–Crippen MR) is 130 cm³/mol. The Bertz CT molecular complexity index is 1060. The van der Waals surface area contributed by atoms with E-state index in [1.807, 2.05) is 23.1 Å². The minimum Gasteiger partial charge on any atom is -0.342 e. The van der Waals surface area contributed by atoms with Crippen molar-refractivity contribution >= 4 is 22.9 Å². The Morgan fingerprint density at radius 3 is 2.55 bits per heavy atom. The van der Waals surface area contributed by atoms with Gasteiger partial charge in [-0.3, -0.25) is 0 Å². The lowest BCUT2D eigenvalue weighted by molar-refractivity contribution is -0.137. The predicted octanol–water partition coefficient (Wildman–Crippen LogP) is 7.74. The smallest absolute Gasteiger partial charge is 0.342 e. The van der Waals surface area contributed by atoms with Gasteiger partial charge in [0.1, 0.15) is 0 Å². The van der Waals surface area contributed by atoms with E-state index in [2.05, 4.69) is 31.0 Å². The van der Waals surface area contributed by atoms with E-state index in [1.165, 1.54) is 12.1 Å². The summed E-state index contributed by atoms with van der Waals surface area (Å²) in [6, 6.07) is 11.5. The maximum Gasteiger partial charge on any atom is 0.416 e. The summed E-state index contributed by atoms with van der Waals surface area (Å²) < 4.78 is 40.7. The van der Waals surface area contributed by atoms with Crippen molar-refractivity contribution < 1.29 is 13.2 Å². The second kappa shape index (κ2) is 9.46. The van der Waals surface area contributed by atoms with E-state index >= 15 is 0 Å². The van der Waals surface area contributed by atoms with Crippen molar-refractivity contribution in [2.75, 3.05) is 18.0 Å². The lowest BCUT2D eigenvalue weighted by Gasteiger charge is -2.43. The van der Waals surface area contributed by atoms with E-state index < -0.39 is 11.7 Å². The zero-order valence-corrected chi connectivity index (χ0v) is 19.0. The molecular weight excluding hydrogens is 423 g/mol. The molecule has 1 atom stereocenters. The maximum atomic E-state index is 13.6. The molecule has 1 saturated heterocycles. The number of alkyl halides is 3. The third-order valence-corrected chi connectivity index (χ3v) is 6.45. The first-order chi connectivity index (χ1) is 15.8. The van der Waals surface area contributed by atoms with Gasteiger partial charge in [-0.25, -0.2) is 4.99 Å². The van der Waals surface area contributed by atoms with Gasteiger partial charge in [0.2, 0.25) is 5.96 Å². The SMILES string of the molecule is C=CCC1c2cc(C(=C)CC)ccc2N=C(N2CCCCC2)N1c1cccc(C(F)(F)F)c1. The topological polar surface area (TPSA) is 18.8 Å². The van der Waals surface area contributed by atoms with Gasteiger partial charge in [-0.2, -0.15) is 13.2 Å². The maximum absolute atomic E-state index is 13.6. The standard InChI is InChI=1S/C27H30F3N3/c1-4-10-25-23-17-20(19(3)5-2)13-14-24(23)31-26(32-15-7-6-8-16-32)33(25)22-12-9-11-21(18-22)27(28,29)30/h4,9,11-14,17-18,25H,1,3,5-8,10,15-16H2,2H3. The molecule has 1 unspecified atom stereocenters. The van der Waals surface area contributed by atoms with E-state index in [0.29, 0.717) is 12.1 Å². The molecule has 0 aromatic heterocycles. The number of allylic oxidation sites excluding steroid dienone is 1. The number of guanidine groups is 1. The van der Waals surface area contributed by atoms with Crippen molar-refractivity contribution in [2.45, 2.75) is 51.2 Å². The molecule has 1 fully saturated rings. The number of benzene rings is 2. The molecule has 2 aliphatic rings. The van der Waals surface area contributed by atoms with Gasteiger partial charge in [0.25, 0.3) is 0 Å². The number of aliphatic imine (C=N–C) groups is 1. The highest BCUT2D eigenvalue weighted by Gasteiger charge is 2.36. The fourth-order valence-corrected chi connectivity index (χ4v) is 4.62. The number of hydrogen-bond donors (Lipinski definition) is 0. The van der Waals surface area contributed by atoms with Crippen LogP contribution in [-0.4, -0.2) is 23.9 Å². The summed E-state index contributed by atoms with van der Waals surface area (Å²) in [5.74, 6) is 0.718. The third kappa shape index (κ3) is 4.70. The van der Waals surface area contributed by atoms with Crippen LogP contribution in [0.25, 0.3) is 5.57 Å². The Labute approximate surface area is 193 Å². The highest BCUT2D eigenvalue weighted by atomic mass is 19.4. The molecule has 0 amide bonds. The zero-order valence-electron chi connectivity index (χ0n) is 19.0. The van der Waals surface area contributed by atoms with E-state index in [-0.39, 0.29) is 6.04 Å². The molecule has 4 rings (SSSR count). The van der Waals surface area contributed by atoms with Crippen LogP contribution in [0.3, 0.4) is 0 Å². The van der Waals surface area contributed by atoms with Gasteiger partial charge < -0.3 is 9.80 Å². The quantitative estimate of drug-likeness (QED) is 0.431. The molecule has 174 valence electrons. The molecule has 0 bridgehead atoms. The van der Waals surface area contributed by atoms with Gasteiger partial charge in [0.15, 0.2) is 0 Å². The van der Waals surface area contributed by atoms with Crippen LogP contribution in [0, 0.1) is 0 Å². The Hall–Kier alpha value is -3.02. The van der Waals surface area contributed by atoms with Gasteiger partial charge in [-0.05, 0) is 73.6 Å². The summed E-state index contributed by atoms with van der Waals surface area (Å²) in [6.45, 7) is 11.9. The van der Waals surface area contributed by atoms with E-state index in [4.69, 9.17) is 4.99 Å². The lowest BCUT2D eigenvalue weighted by atomic mass is 9.93. The van der Waals surface area contributed by atoms with Gasteiger partial charge in [0.05, 0.1) is 17.3 Å². The molecular formula is C27H30F3N3. The first kappa shape index (κ1) is 23.1. The Balaban J connectivity index is 1.89. The number of anilines is 1. The third-order valence-electron chi connectivity index (χ3n) is 6.45. The van der Waals surface area contributed by atoms with E-state index in [1.54, 1.807) is 6.07 Å². The fourth-order valence-electron chi connectivity index (χ4n) is 4.62. The first-order valence-corrected chi connectivity index (χ1v) is 11.6. The Kier molecular flexibility index (Phi) is 6.63. The number of likely N-dealkylation sites (tertiary alicyclic amines) is 1. The molecule has 2 heterocycles. The second-order valence-electron chi connectivity index (χ2n) is 8.65. The fraction of sp³-hybridized carbons (Fsp3) is 0.370. The largest absolute Gasteiger partial charge is 0.416 e. The van der Waals surface area contributed by atoms with Gasteiger partial charge in [-0.1, -0.05) is 31.7 Å². The zero-order chi connectivity index (χ0) is 23.6. The molecule has 6 heteroatoms. The molecule has 33 heavy (non-hydrogen) atoms. The molecule has 0 aliphatic carbocycles. The number of hydrogen-bond acceptors (Lipinski definition) is 3. The van der Waals surface area contributed by atoms with Crippen molar-refractivity contribution in [1.82, 2.24) is 4.90 Å². The minimum absolute atomic E-state index is 0.208. The molecule has 0 spiro atoms. The van der Waals surface area contributed by atoms with Crippen LogP contribution in [0.1, 0.15) is 61.8 Å². The van der Waals surface area contributed by atoms with Gasteiger partial charge in [-0.15, -0.1) is 6.58 Å². The van der Waals surface area contributed by atoms with Crippen LogP contribution in [0.4, 0.5) is 24.5 Å². The minimum atomic E-state index is -4.41. The van der Waals surface area contributed by atoms with Crippen molar-refractivity contribution in [3.63, 3.8) is 0 Å².